The summed E-state index contributed by atoms with van der Waals surface area (Å²) in [5, 5.41) is 3.17. The van der Waals surface area contributed by atoms with Gasteiger partial charge >= 0.3 is 0 Å². The van der Waals surface area contributed by atoms with Crippen LogP contribution in [0, 0.1) is 0 Å². The first-order chi connectivity index (χ1) is 13.2. The lowest BCUT2D eigenvalue weighted by Gasteiger charge is -2.28. The number of carbonyl (C=O) groups is 1. The Kier molecular flexibility index (Phi) is 8.40. The number of thioether (sulfide) groups is 1. The van der Waals surface area contributed by atoms with Gasteiger partial charge in [-0.3, -0.25) is 4.79 Å². The van der Waals surface area contributed by atoms with E-state index in [0.29, 0.717) is 12.1 Å². The summed E-state index contributed by atoms with van der Waals surface area (Å²) in [5.74, 6) is 0.767. The van der Waals surface area contributed by atoms with E-state index in [1.807, 2.05) is 53.1 Å². The number of aromatic nitrogens is 2. The van der Waals surface area contributed by atoms with Gasteiger partial charge in [-0.2, -0.15) is 0 Å². The number of rotatable bonds is 6. The van der Waals surface area contributed by atoms with E-state index in [4.69, 9.17) is 5.73 Å². The molecule has 1 aromatic carbocycles. The smallest absolute Gasteiger partial charge is 0.251 e. The minimum absolute atomic E-state index is 0. The zero-order valence-corrected chi connectivity index (χ0v) is 18.5. The Balaban J connectivity index is 0.00000150. The number of pyridine rings is 1. The first-order valence-corrected chi connectivity index (χ1v) is 10.3. The summed E-state index contributed by atoms with van der Waals surface area (Å²) in [6.07, 6.45) is 8.27. The van der Waals surface area contributed by atoms with Crippen molar-refractivity contribution in [3.8, 4) is 0 Å². The minimum atomic E-state index is -0.215. The Bertz CT molecular complexity index is 906. The molecule has 1 fully saturated rings. The molecular formula is C21H26Cl2N4OS. The number of amides is 1. The third-order valence-corrected chi connectivity index (χ3v) is 6.29. The number of nitrogens with one attached hydrogen (secondary N) is 1. The van der Waals surface area contributed by atoms with Crippen molar-refractivity contribution in [1.29, 1.82) is 0 Å². The van der Waals surface area contributed by atoms with Crippen LogP contribution in [0.3, 0.4) is 0 Å². The standard InChI is InChI=1S/C21H24N4OS.2ClH/c22-15-21(10-2-3-11-21)24-20(26)16-6-8-18(9-7-16)27-14-17-13-25-12-4-1-5-19(25)23-17;;/h1,4-9,12-13H,2-3,10-11,14-15,22H2,(H,24,26);2*1H. The highest BCUT2D eigenvalue weighted by Crippen LogP contribution is 2.29. The van der Waals surface area contributed by atoms with E-state index in [-0.39, 0.29) is 36.3 Å². The van der Waals surface area contributed by atoms with E-state index < -0.39 is 0 Å². The molecule has 1 saturated carbocycles. The molecular weight excluding hydrogens is 427 g/mol. The molecule has 1 amide bonds. The van der Waals surface area contributed by atoms with Crippen molar-refractivity contribution >= 4 is 48.1 Å². The van der Waals surface area contributed by atoms with Gasteiger partial charge < -0.3 is 15.5 Å². The molecule has 8 heteroatoms. The van der Waals surface area contributed by atoms with E-state index in [0.717, 1.165) is 47.7 Å². The van der Waals surface area contributed by atoms with Gasteiger partial charge in [-0.05, 0) is 49.2 Å². The molecule has 3 N–H and O–H groups in total. The van der Waals surface area contributed by atoms with Crippen molar-refractivity contribution < 1.29 is 4.79 Å². The highest BCUT2D eigenvalue weighted by Gasteiger charge is 2.33. The maximum Gasteiger partial charge on any atom is 0.251 e. The van der Waals surface area contributed by atoms with Crippen LogP contribution in [0.2, 0.25) is 0 Å². The first kappa shape index (κ1) is 23.5. The third kappa shape index (κ3) is 5.45. The normalized spacial score (nSPS) is 14.8. The van der Waals surface area contributed by atoms with Gasteiger partial charge in [-0.1, -0.05) is 18.9 Å². The Morgan fingerprint density at radius 1 is 1.14 bits per heavy atom. The molecule has 4 rings (SSSR count). The van der Waals surface area contributed by atoms with Gasteiger partial charge in [-0.25, -0.2) is 4.98 Å². The zero-order chi connectivity index (χ0) is 18.7. The predicted octanol–water partition coefficient (Wildman–Crippen LogP) is 4.47. The maximum absolute atomic E-state index is 12.6. The van der Waals surface area contributed by atoms with Crippen molar-refractivity contribution in [1.82, 2.24) is 14.7 Å². The molecule has 2 heterocycles. The van der Waals surface area contributed by atoms with Crippen LogP contribution in [-0.4, -0.2) is 27.4 Å². The fourth-order valence-corrected chi connectivity index (χ4v) is 4.44. The van der Waals surface area contributed by atoms with Crippen LogP contribution in [0.1, 0.15) is 41.7 Å². The number of carbonyl (C=O) groups excluding carboxylic acids is 1. The fourth-order valence-electron chi connectivity index (χ4n) is 3.66. The summed E-state index contributed by atoms with van der Waals surface area (Å²) in [5.41, 5.74) is 8.39. The summed E-state index contributed by atoms with van der Waals surface area (Å²) in [6.45, 7) is 0.506. The summed E-state index contributed by atoms with van der Waals surface area (Å²) in [4.78, 5) is 18.3. The predicted molar refractivity (Wildman–Crippen MR) is 123 cm³/mol. The molecule has 0 unspecified atom stereocenters. The number of halogens is 2. The van der Waals surface area contributed by atoms with Gasteiger partial charge in [0.2, 0.25) is 0 Å². The quantitative estimate of drug-likeness (QED) is 0.541. The number of benzene rings is 1. The molecule has 1 aliphatic rings. The Morgan fingerprint density at radius 3 is 2.52 bits per heavy atom. The Labute approximate surface area is 187 Å². The van der Waals surface area contributed by atoms with Gasteiger partial charge in [0.25, 0.3) is 5.91 Å². The lowest BCUT2D eigenvalue weighted by molar-refractivity contribution is 0.0903. The van der Waals surface area contributed by atoms with Crippen molar-refractivity contribution in [2.75, 3.05) is 6.54 Å². The first-order valence-electron chi connectivity index (χ1n) is 9.36. The lowest BCUT2D eigenvalue weighted by Crippen LogP contribution is -2.51. The lowest BCUT2D eigenvalue weighted by atomic mass is 9.97. The second kappa shape index (κ2) is 10.3. The summed E-state index contributed by atoms with van der Waals surface area (Å²) in [7, 11) is 0. The van der Waals surface area contributed by atoms with E-state index in [9.17, 15) is 4.79 Å². The molecule has 0 atom stereocenters. The molecule has 0 bridgehead atoms. The van der Waals surface area contributed by atoms with E-state index in [1.165, 1.54) is 0 Å². The summed E-state index contributed by atoms with van der Waals surface area (Å²) < 4.78 is 2.03. The molecule has 0 radical (unpaired) electrons. The van der Waals surface area contributed by atoms with Crippen molar-refractivity contribution in [2.24, 2.45) is 5.73 Å². The molecule has 2 aromatic heterocycles. The third-order valence-electron chi connectivity index (χ3n) is 5.25. The number of fused-ring (bicyclic) bond motifs is 1. The highest BCUT2D eigenvalue weighted by molar-refractivity contribution is 7.98. The van der Waals surface area contributed by atoms with E-state index >= 15 is 0 Å². The van der Waals surface area contributed by atoms with Crippen molar-refractivity contribution in [3.63, 3.8) is 0 Å². The molecule has 0 saturated heterocycles. The highest BCUT2D eigenvalue weighted by atomic mass is 35.5. The van der Waals surface area contributed by atoms with Gasteiger partial charge in [0.05, 0.1) is 11.2 Å². The van der Waals surface area contributed by atoms with Gasteiger partial charge in [0, 0.05) is 35.2 Å². The molecule has 5 nitrogen and oxygen atoms in total. The molecule has 29 heavy (non-hydrogen) atoms. The van der Waals surface area contributed by atoms with Crippen LogP contribution in [0.15, 0.2) is 59.8 Å². The van der Waals surface area contributed by atoms with E-state index in [1.54, 1.807) is 11.8 Å². The van der Waals surface area contributed by atoms with Crippen molar-refractivity contribution in [3.05, 3.63) is 66.1 Å². The molecule has 0 spiro atoms. The number of hydrogen-bond donors (Lipinski definition) is 2. The average molecular weight is 453 g/mol. The second-order valence-corrected chi connectivity index (χ2v) is 8.21. The minimum Gasteiger partial charge on any atom is -0.345 e. The van der Waals surface area contributed by atoms with Crippen LogP contribution >= 0.6 is 36.6 Å². The Morgan fingerprint density at radius 2 is 1.86 bits per heavy atom. The second-order valence-electron chi connectivity index (χ2n) is 7.16. The number of nitrogens with two attached hydrogens (primary N) is 1. The van der Waals surface area contributed by atoms with Crippen LogP contribution < -0.4 is 11.1 Å². The molecule has 156 valence electrons. The zero-order valence-electron chi connectivity index (χ0n) is 16.0. The topological polar surface area (TPSA) is 72.4 Å². The van der Waals surface area contributed by atoms with Gasteiger partial charge in [0.15, 0.2) is 0 Å². The average Bonchev–Trinajstić information content (AvgIpc) is 3.33. The van der Waals surface area contributed by atoms with E-state index in [2.05, 4.69) is 16.5 Å². The van der Waals surface area contributed by atoms with Gasteiger partial charge in [-0.15, -0.1) is 36.6 Å². The van der Waals surface area contributed by atoms with Crippen LogP contribution in [0.25, 0.3) is 5.65 Å². The summed E-state index contributed by atoms with van der Waals surface area (Å²) >= 11 is 1.72. The summed E-state index contributed by atoms with van der Waals surface area (Å²) in [6, 6.07) is 13.8. The maximum atomic E-state index is 12.6. The van der Waals surface area contributed by atoms with Crippen LogP contribution in [-0.2, 0) is 5.75 Å². The van der Waals surface area contributed by atoms with Gasteiger partial charge in [0.1, 0.15) is 5.65 Å². The van der Waals surface area contributed by atoms with Crippen LogP contribution in [0.4, 0.5) is 0 Å². The molecule has 3 aromatic rings. The monoisotopic (exact) mass is 452 g/mol. The number of nitrogens with zero attached hydrogens (tertiary/aromatic N) is 2. The Hall–Kier alpha value is -1.73. The SMILES string of the molecule is Cl.Cl.NCC1(NC(=O)c2ccc(SCc3cn4ccccc4n3)cc2)CCCC1. The number of imidazole rings is 1. The number of hydrogen-bond acceptors (Lipinski definition) is 4. The van der Waals surface area contributed by atoms with Crippen molar-refractivity contribution in [2.45, 2.75) is 41.9 Å². The van der Waals surface area contributed by atoms with Crippen LogP contribution in [0.5, 0.6) is 0 Å². The molecule has 1 aliphatic carbocycles. The largest absolute Gasteiger partial charge is 0.345 e. The fraction of sp³-hybridized carbons (Fsp3) is 0.333. The molecule has 0 aliphatic heterocycles.